The summed E-state index contributed by atoms with van der Waals surface area (Å²) >= 11 is 1.15. The highest BCUT2D eigenvalue weighted by molar-refractivity contribution is 7.99. The van der Waals surface area contributed by atoms with Crippen molar-refractivity contribution in [3.63, 3.8) is 0 Å². The molecule has 3 aromatic rings. The van der Waals surface area contributed by atoms with Crippen molar-refractivity contribution in [3.05, 3.63) is 54.3 Å². The third-order valence-corrected chi connectivity index (χ3v) is 5.35. The number of hydrogen-bond donors (Lipinski definition) is 1. The summed E-state index contributed by atoms with van der Waals surface area (Å²) in [6.45, 7) is 1.83. The molecule has 0 bridgehead atoms. The molecule has 29 heavy (non-hydrogen) atoms. The van der Waals surface area contributed by atoms with E-state index in [4.69, 9.17) is 0 Å². The van der Waals surface area contributed by atoms with Crippen molar-refractivity contribution in [3.8, 4) is 5.69 Å². The number of fused-ring (bicyclic) bond motifs is 1. The molecule has 0 saturated carbocycles. The summed E-state index contributed by atoms with van der Waals surface area (Å²) in [6.07, 6.45) is 0.201. The number of hydrogen-bond acceptors (Lipinski definition) is 6. The lowest BCUT2D eigenvalue weighted by molar-refractivity contribution is -0.117. The van der Waals surface area contributed by atoms with Crippen molar-refractivity contribution in [1.82, 2.24) is 20.2 Å². The maximum Gasteiger partial charge on any atom is 0.237 e. The van der Waals surface area contributed by atoms with Crippen LogP contribution in [-0.2, 0) is 9.59 Å². The van der Waals surface area contributed by atoms with Gasteiger partial charge in [-0.15, -0.1) is 5.10 Å². The SMILES string of the molecule is C[C@@H]1CC(=O)Nc2ccccc2N1C(=O)CSc1nnnn1-c1cccc(F)c1. The molecule has 0 radical (unpaired) electrons. The van der Waals surface area contributed by atoms with E-state index in [1.807, 2.05) is 13.0 Å². The predicted octanol–water partition coefficient (Wildman–Crippen LogP) is 2.66. The van der Waals surface area contributed by atoms with E-state index in [9.17, 15) is 14.0 Å². The second-order valence-corrected chi connectivity index (χ2v) is 7.47. The molecule has 1 aliphatic rings. The molecule has 0 spiro atoms. The zero-order valence-electron chi connectivity index (χ0n) is 15.4. The average Bonchev–Trinajstić information content (AvgIpc) is 3.11. The first-order valence-electron chi connectivity index (χ1n) is 8.91. The zero-order valence-corrected chi connectivity index (χ0v) is 16.3. The monoisotopic (exact) mass is 412 g/mol. The molecule has 1 atom stereocenters. The van der Waals surface area contributed by atoms with E-state index in [1.54, 1.807) is 35.2 Å². The number of aromatic nitrogens is 4. The molecule has 0 fully saturated rings. The van der Waals surface area contributed by atoms with E-state index < -0.39 is 5.82 Å². The Hall–Kier alpha value is -3.27. The zero-order chi connectivity index (χ0) is 20.4. The topological polar surface area (TPSA) is 93.0 Å². The predicted molar refractivity (Wildman–Crippen MR) is 106 cm³/mol. The van der Waals surface area contributed by atoms with Crippen LogP contribution in [0.1, 0.15) is 13.3 Å². The van der Waals surface area contributed by atoms with Crippen molar-refractivity contribution in [2.45, 2.75) is 24.5 Å². The van der Waals surface area contributed by atoms with Gasteiger partial charge in [0.2, 0.25) is 17.0 Å². The van der Waals surface area contributed by atoms with Crippen LogP contribution in [0.15, 0.2) is 53.7 Å². The fraction of sp³-hybridized carbons (Fsp3) is 0.211. The first-order valence-corrected chi connectivity index (χ1v) is 9.89. The molecule has 10 heteroatoms. The number of tetrazole rings is 1. The van der Waals surface area contributed by atoms with Gasteiger partial charge in [-0.1, -0.05) is 30.0 Å². The molecule has 1 aromatic heterocycles. The minimum Gasteiger partial charge on any atom is -0.324 e. The lowest BCUT2D eigenvalue weighted by Crippen LogP contribution is -2.40. The van der Waals surface area contributed by atoms with Gasteiger partial charge in [0.1, 0.15) is 5.82 Å². The minimum absolute atomic E-state index is 0.0581. The molecular formula is C19H17FN6O2S. The first kappa shape index (κ1) is 19.1. The van der Waals surface area contributed by atoms with Gasteiger partial charge < -0.3 is 10.2 Å². The normalized spacial score (nSPS) is 16.1. The van der Waals surface area contributed by atoms with Gasteiger partial charge in [-0.2, -0.15) is 4.68 Å². The quantitative estimate of drug-likeness (QED) is 0.663. The molecule has 148 valence electrons. The van der Waals surface area contributed by atoms with Gasteiger partial charge >= 0.3 is 0 Å². The van der Waals surface area contributed by atoms with E-state index >= 15 is 0 Å². The molecule has 0 saturated heterocycles. The summed E-state index contributed by atoms with van der Waals surface area (Å²) in [4.78, 5) is 26.8. The van der Waals surface area contributed by atoms with Crippen molar-refractivity contribution < 1.29 is 14.0 Å². The van der Waals surface area contributed by atoms with Gasteiger partial charge in [0.25, 0.3) is 0 Å². The molecule has 2 amide bonds. The second-order valence-electron chi connectivity index (χ2n) is 6.52. The number of para-hydroxylation sites is 2. The number of anilines is 2. The summed E-state index contributed by atoms with van der Waals surface area (Å²) in [6, 6.07) is 12.8. The van der Waals surface area contributed by atoms with Crippen molar-refractivity contribution in [1.29, 1.82) is 0 Å². The lowest BCUT2D eigenvalue weighted by Gasteiger charge is -2.27. The Morgan fingerprint density at radius 1 is 1.28 bits per heavy atom. The molecule has 1 N–H and O–H groups in total. The smallest absolute Gasteiger partial charge is 0.237 e. The van der Waals surface area contributed by atoms with Gasteiger partial charge in [0.15, 0.2) is 0 Å². The molecule has 1 aliphatic heterocycles. The maximum absolute atomic E-state index is 13.5. The minimum atomic E-state index is -0.405. The number of rotatable bonds is 4. The fourth-order valence-corrected chi connectivity index (χ4v) is 3.95. The Bertz CT molecular complexity index is 1070. The number of carbonyl (C=O) groups is 2. The van der Waals surface area contributed by atoms with Crippen LogP contribution in [0.5, 0.6) is 0 Å². The van der Waals surface area contributed by atoms with Crippen LogP contribution in [0.3, 0.4) is 0 Å². The van der Waals surface area contributed by atoms with Crippen molar-refractivity contribution in [2.75, 3.05) is 16.0 Å². The van der Waals surface area contributed by atoms with E-state index in [0.717, 1.165) is 11.8 Å². The Morgan fingerprint density at radius 3 is 2.93 bits per heavy atom. The summed E-state index contributed by atoms with van der Waals surface area (Å²) in [5, 5.41) is 14.7. The van der Waals surface area contributed by atoms with Gasteiger partial charge in [0.05, 0.1) is 22.8 Å². The highest BCUT2D eigenvalue weighted by atomic mass is 32.2. The number of carbonyl (C=O) groups excluding carboxylic acids is 2. The second kappa shape index (κ2) is 8.00. The Morgan fingerprint density at radius 2 is 2.10 bits per heavy atom. The Kier molecular flexibility index (Phi) is 5.26. The highest BCUT2D eigenvalue weighted by Crippen LogP contribution is 2.32. The number of nitrogens with zero attached hydrogens (tertiary/aromatic N) is 5. The standard InChI is InChI=1S/C19H17FN6O2S/c1-12-9-17(27)21-15-7-2-3-8-16(15)25(12)18(28)11-29-19-22-23-24-26(19)14-6-4-5-13(20)10-14/h2-8,10,12H,9,11H2,1H3,(H,21,27)/t12-/m1/s1. The van der Waals surface area contributed by atoms with Gasteiger partial charge in [0, 0.05) is 12.5 Å². The third kappa shape index (κ3) is 3.97. The van der Waals surface area contributed by atoms with Crippen molar-refractivity contribution >= 4 is 35.0 Å². The van der Waals surface area contributed by atoms with Crippen molar-refractivity contribution in [2.24, 2.45) is 0 Å². The number of thioether (sulfide) groups is 1. The molecular weight excluding hydrogens is 395 g/mol. The number of benzene rings is 2. The van der Waals surface area contributed by atoms with Gasteiger partial charge in [-0.3, -0.25) is 9.59 Å². The molecule has 2 heterocycles. The van der Waals surface area contributed by atoms with E-state index in [1.165, 1.54) is 16.8 Å². The van der Waals surface area contributed by atoms with Crippen LogP contribution < -0.4 is 10.2 Å². The fourth-order valence-electron chi connectivity index (χ4n) is 3.20. The summed E-state index contributed by atoms with van der Waals surface area (Å²) < 4.78 is 14.9. The van der Waals surface area contributed by atoms with Crippen LogP contribution in [0, 0.1) is 5.82 Å². The molecule has 8 nitrogen and oxygen atoms in total. The largest absolute Gasteiger partial charge is 0.324 e. The van der Waals surface area contributed by atoms with E-state index in [-0.39, 0.29) is 30.0 Å². The molecule has 4 rings (SSSR count). The van der Waals surface area contributed by atoms with Crippen LogP contribution in [0.2, 0.25) is 0 Å². The number of halogens is 1. The van der Waals surface area contributed by atoms with Gasteiger partial charge in [-0.25, -0.2) is 4.39 Å². The van der Waals surface area contributed by atoms with Crippen LogP contribution >= 0.6 is 11.8 Å². The maximum atomic E-state index is 13.5. The lowest BCUT2D eigenvalue weighted by atomic mass is 10.2. The molecule has 0 aliphatic carbocycles. The van der Waals surface area contributed by atoms with Crippen LogP contribution in [0.4, 0.5) is 15.8 Å². The number of amides is 2. The molecule has 2 aromatic carbocycles. The van der Waals surface area contributed by atoms with Crippen LogP contribution in [0.25, 0.3) is 5.69 Å². The van der Waals surface area contributed by atoms with Crippen LogP contribution in [-0.4, -0.2) is 43.8 Å². The summed E-state index contributed by atoms with van der Waals surface area (Å²) in [5.41, 5.74) is 1.72. The van der Waals surface area contributed by atoms with E-state index in [0.29, 0.717) is 22.2 Å². The summed E-state index contributed by atoms with van der Waals surface area (Å²) in [5.74, 6) is -0.664. The number of nitrogens with one attached hydrogen (secondary N) is 1. The Labute approximate surface area is 170 Å². The van der Waals surface area contributed by atoms with E-state index in [2.05, 4.69) is 20.8 Å². The average molecular weight is 412 g/mol. The molecule has 0 unspecified atom stereocenters. The summed E-state index contributed by atoms with van der Waals surface area (Å²) in [7, 11) is 0. The van der Waals surface area contributed by atoms with Gasteiger partial charge in [-0.05, 0) is 47.7 Å². The third-order valence-electron chi connectivity index (χ3n) is 4.45. The highest BCUT2D eigenvalue weighted by Gasteiger charge is 2.29. The first-order chi connectivity index (χ1) is 14.0. The Balaban J connectivity index is 1.55.